The first-order valence-electron chi connectivity index (χ1n) is 16.9. The second-order valence-electron chi connectivity index (χ2n) is 13.3. The molecule has 0 fully saturated rings. The Morgan fingerprint density at radius 2 is 1.41 bits per heavy atom. The number of nitrogens with zero attached hydrogens (tertiary/aromatic N) is 1. The molecule has 4 aromatic carbocycles. The molecule has 6 heteroatoms. The van der Waals surface area contributed by atoms with E-state index in [1.54, 1.807) is 18.2 Å². The summed E-state index contributed by atoms with van der Waals surface area (Å²) in [5, 5.41) is 14.7. The number of ketones is 1. The average molecular weight is 838 g/mol. The third-order valence-electron chi connectivity index (χ3n) is 10.2. The van der Waals surface area contributed by atoms with Crippen LogP contribution in [0.15, 0.2) is 90.8 Å². The number of hydrogen-bond acceptors (Lipinski definition) is 3. The molecule has 2 N–H and O–H groups in total. The van der Waals surface area contributed by atoms with E-state index in [0.29, 0.717) is 11.5 Å². The van der Waals surface area contributed by atoms with E-state index in [4.69, 9.17) is 0 Å². The van der Waals surface area contributed by atoms with Gasteiger partial charge in [0.05, 0.1) is 17.1 Å². The van der Waals surface area contributed by atoms with Gasteiger partial charge in [0.1, 0.15) is 5.76 Å². The van der Waals surface area contributed by atoms with Crippen LogP contribution in [0, 0.1) is 30.7 Å². The van der Waals surface area contributed by atoms with Crippen LogP contribution in [0.1, 0.15) is 88.7 Å². The Bertz CT molecular complexity index is 1950. The summed E-state index contributed by atoms with van der Waals surface area (Å²) >= 11 is 0. The quantitative estimate of drug-likeness (QED) is 0.0380. The molecule has 5 aromatic rings. The van der Waals surface area contributed by atoms with Crippen molar-refractivity contribution in [1.82, 2.24) is 4.98 Å². The van der Waals surface area contributed by atoms with E-state index in [0.717, 1.165) is 75.2 Å². The third kappa shape index (κ3) is 8.79. The molecule has 0 saturated heterocycles. The number of rotatable bonds is 10. The Kier molecular flexibility index (Phi) is 13.4. The van der Waals surface area contributed by atoms with Crippen LogP contribution in [-0.2, 0) is 20.1 Å². The van der Waals surface area contributed by atoms with Crippen molar-refractivity contribution >= 4 is 33.4 Å². The number of pyridine rings is 1. The minimum absolute atomic E-state index is 0. The van der Waals surface area contributed by atoms with Crippen LogP contribution in [0.2, 0.25) is 0 Å². The summed E-state index contributed by atoms with van der Waals surface area (Å²) in [4.78, 5) is 25.7. The molecule has 0 aliphatic carbocycles. The van der Waals surface area contributed by atoms with E-state index in [2.05, 4.69) is 95.1 Å². The summed E-state index contributed by atoms with van der Waals surface area (Å²) < 4.78 is 12.9. The Morgan fingerprint density at radius 1 is 0.816 bits per heavy atom. The minimum atomic E-state index is -1.41. The molecule has 0 aliphatic heterocycles. The molecule has 5 rings (SSSR count). The van der Waals surface area contributed by atoms with Gasteiger partial charge in [-0.15, -0.1) is 34.9 Å². The molecular formula is C43H48FIrNO3. The van der Waals surface area contributed by atoms with Crippen LogP contribution < -0.4 is 0 Å². The fraction of sp³-hybridized carbons (Fsp3) is 0.326. The molecule has 1 heterocycles. The minimum Gasteiger partial charge on any atom is -0.511 e. The monoisotopic (exact) mass is 838 g/mol. The summed E-state index contributed by atoms with van der Waals surface area (Å²) in [5.41, 5.74) is 5.79. The smallest absolute Gasteiger partial charge is 0.332 e. The van der Waals surface area contributed by atoms with Gasteiger partial charge >= 0.3 is 11.8 Å². The molecule has 4 nitrogen and oxygen atoms in total. The first-order chi connectivity index (χ1) is 22.8. The number of carbonyl (C=O) groups is 1. The fourth-order valence-corrected chi connectivity index (χ4v) is 5.91. The van der Waals surface area contributed by atoms with Crippen molar-refractivity contribution in [3.63, 3.8) is 0 Å². The van der Waals surface area contributed by atoms with Gasteiger partial charge in [-0.2, -0.15) is 4.39 Å². The van der Waals surface area contributed by atoms with Crippen molar-refractivity contribution < 1.29 is 39.2 Å². The van der Waals surface area contributed by atoms with Crippen LogP contribution in [0.25, 0.3) is 43.9 Å². The van der Waals surface area contributed by atoms with Gasteiger partial charge in [0, 0.05) is 31.7 Å². The largest absolute Gasteiger partial charge is 0.511 e. The van der Waals surface area contributed by atoms with Crippen LogP contribution in [-0.4, -0.2) is 26.7 Å². The van der Waals surface area contributed by atoms with Gasteiger partial charge < -0.3 is 10.1 Å². The Balaban J connectivity index is 0.000000312. The van der Waals surface area contributed by atoms with E-state index in [1.165, 1.54) is 17.7 Å². The number of aromatic nitrogens is 1. The van der Waals surface area contributed by atoms with E-state index < -0.39 is 6.04 Å². The maximum Gasteiger partial charge on any atom is 0.332 e. The summed E-state index contributed by atoms with van der Waals surface area (Å²) in [7, 11) is 0. The van der Waals surface area contributed by atoms with Crippen molar-refractivity contribution in [3.8, 4) is 22.4 Å². The standard InChI is InChI=1S/C28H19FNO.C15H28O2.Ir/c1-17-13-18(2)15-23(14-17)27-26-10-8-22-16-21(7-9-24(22)25(26)11-12-30-27)19-3-5-20(6-4-19)28(29)31;1-7-14(5,8-2)12(16)11-13(17)15(6,9-3)10-4;/h3-14,16H,1-2H3;11,16H,7-10H2,1-6H3;/q-1;;/p+1/b;12-11-;. The summed E-state index contributed by atoms with van der Waals surface area (Å²) in [6.45, 7) is 16.4. The number of carbonyl (C=O) groups excluding carboxylic acids is 2. The van der Waals surface area contributed by atoms with Gasteiger partial charge in [-0.3, -0.25) is 9.59 Å². The topological polar surface area (TPSA) is 71.6 Å². The third-order valence-corrected chi connectivity index (χ3v) is 10.2. The summed E-state index contributed by atoms with van der Waals surface area (Å²) in [6.07, 6.45) is 6.90. The zero-order valence-corrected chi connectivity index (χ0v) is 32.3. The SMILES string of the molecule is CCC(C)(CC)C(=[OH+])/C=C(\O)C(C)(CC)CC.Cc1[c-]c(-c2nccc3c2ccc2cc(-c4ccc(C(=O)F)cc4)ccc23)cc(C)c1.[Ir]. The molecular weight excluding hydrogens is 790 g/mol. The van der Waals surface area contributed by atoms with Gasteiger partial charge in [-0.05, 0) is 95.2 Å². The molecule has 49 heavy (non-hydrogen) atoms. The number of halogens is 1. The Hall–Kier alpha value is -3.99. The Morgan fingerprint density at radius 3 is 1.98 bits per heavy atom. The van der Waals surface area contributed by atoms with Gasteiger partial charge in [-0.25, -0.2) is 0 Å². The van der Waals surface area contributed by atoms with Gasteiger partial charge in [0.15, 0.2) is 0 Å². The number of hydrogen-bond donors (Lipinski definition) is 1. The van der Waals surface area contributed by atoms with Gasteiger partial charge in [0.25, 0.3) is 0 Å². The van der Waals surface area contributed by atoms with E-state index in [1.807, 2.05) is 26.1 Å². The van der Waals surface area contributed by atoms with Gasteiger partial charge in [-0.1, -0.05) is 84.9 Å². The number of allylic oxidation sites excluding steroid dienone is 2. The van der Waals surface area contributed by atoms with Crippen molar-refractivity contribution in [3.05, 3.63) is 114 Å². The number of fused-ring (bicyclic) bond motifs is 3. The predicted molar refractivity (Wildman–Crippen MR) is 199 cm³/mol. The summed E-state index contributed by atoms with van der Waals surface area (Å²) in [5.74, 6) is 0.598. The van der Waals surface area contributed by atoms with E-state index in [9.17, 15) is 19.1 Å². The molecule has 0 bridgehead atoms. The number of aliphatic hydroxyl groups excluding tert-OH is 1. The molecule has 0 unspecified atom stereocenters. The van der Waals surface area contributed by atoms with Crippen LogP contribution in [0.3, 0.4) is 0 Å². The molecule has 0 atom stereocenters. The van der Waals surface area contributed by atoms with Crippen LogP contribution in [0.4, 0.5) is 4.39 Å². The first kappa shape index (κ1) is 39.4. The number of benzene rings is 4. The molecule has 0 amide bonds. The molecule has 259 valence electrons. The average Bonchev–Trinajstić information content (AvgIpc) is 3.10. The normalized spacial score (nSPS) is 11.9. The van der Waals surface area contributed by atoms with Crippen LogP contribution >= 0.6 is 0 Å². The van der Waals surface area contributed by atoms with E-state index >= 15 is 0 Å². The summed E-state index contributed by atoms with van der Waals surface area (Å²) in [6, 6.07) is 25.4. The number of aryl methyl sites for hydroxylation is 2. The molecule has 1 aromatic heterocycles. The van der Waals surface area contributed by atoms with Crippen molar-refractivity contribution in [2.75, 3.05) is 0 Å². The van der Waals surface area contributed by atoms with Crippen molar-refractivity contribution in [1.29, 1.82) is 0 Å². The predicted octanol–water partition coefficient (Wildman–Crippen LogP) is 11.9. The molecule has 0 spiro atoms. The van der Waals surface area contributed by atoms with Crippen molar-refractivity contribution in [2.45, 2.75) is 81.1 Å². The van der Waals surface area contributed by atoms with E-state index in [-0.39, 0.29) is 36.5 Å². The second kappa shape index (κ2) is 16.6. The molecule has 0 aliphatic rings. The molecule has 1 radical (unpaired) electrons. The van der Waals surface area contributed by atoms with Gasteiger partial charge in [0.2, 0.25) is 0 Å². The van der Waals surface area contributed by atoms with Crippen molar-refractivity contribution in [2.24, 2.45) is 10.8 Å². The maximum absolute atomic E-state index is 12.9. The first-order valence-corrected chi connectivity index (χ1v) is 16.9. The Labute approximate surface area is 304 Å². The number of aliphatic hydroxyl groups is 1. The molecule has 0 saturated carbocycles. The zero-order valence-electron chi connectivity index (χ0n) is 29.9. The second-order valence-corrected chi connectivity index (χ2v) is 13.3. The maximum atomic E-state index is 12.9. The fourth-order valence-electron chi connectivity index (χ4n) is 5.91. The zero-order chi connectivity index (χ0) is 35.2. The van der Waals surface area contributed by atoms with Crippen LogP contribution in [0.5, 0.6) is 0 Å².